The van der Waals surface area contributed by atoms with E-state index in [2.05, 4.69) is 10.3 Å². The largest absolute Gasteiger partial charge is 0.360 e. The second-order valence-corrected chi connectivity index (χ2v) is 6.37. The van der Waals surface area contributed by atoms with Gasteiger partial charge in [0.2, 0.25) is 0 Å². The summed E-state index contributed by atoms with van der Waals surface area (Å²) in [5.41, 5.74) is 3.25. The smallest absolute Gasteiger partial charge is 0.296 e. The number of carbonyl (C=O) groups excluding carboxylic acids is 2. The van der Waals surface area contributed by atoms with Crippen molar-refractivity contribution >= 4 is 28.3 Å². The summed E-state index contributed by atoms with van der Waals surface area (Å²) in [4.78, 5) is 27.9. The van der Waals surface area contributed by atoms with Gasteiger partial charge < -0.3 is 10.3 Å². The number of aryl methyl sites for hydroxylation is 1. The second kappa shape index (κ2) is 6.51. The van der Waals surface area contributed by atoms with Gasteiger partial charge in [-0.2, -0.15) is 0 Å². The molecule has 0 spiro atoms. The van der Waals surface area contributed by atoms with Crippen molar-refractivity contribution in [1.82, 2.24) is 4.98 Å². The molecule has 0 radical (unpaired) electrons. The van der Waals surface area contributed by atoms with Crippen LogP contribution >= 0.6 is 0 Å². The molecule has 2 aromatic carbocycles. The molecule has 3 aromatic rings. The predicted octanol–water partition coefficient (Wildman–Crippen LogP) is 4.56. The van der Waals surface area contributed by atoms with Gasteiger partial charge in [-0.3, -0.25) is 9.59 Å². The maximum atomic E-state index is 13.3. The number of fused-ring (bicyclic) bond motifs is 1. The normalized spacial score (nSPS) is 11.1. The highest BCUT2D eigenvalue weighted by Gasteiger charge is 2.22. The monoisotopic (exact) mass is 338 g/mol. The van der Waals surface area contributed by atoms with Crippen molar-refractivity contribution in [2.75, 3.05) is 5.32 Å². The number of aromatic amines is 1. The standard InChI is InChI=1S/C20H19FN2O2/c1-11(2)14-6-4-5-12(3)18(14)23-20(25)19(24)16-10-22-17-9-13(21)7-8-15(16)17/h4-11,22H,1-3H3,(H,23,25). The Balaban J connectivity index is 1.92. The molecule has 128 valence electrons. The lowest BCUT2D eigenvalue weighted by Gasteiger charge is -2.16. The summed E-state index contributed by atoms with van der Waals surface area (Å²) >= 11 is 0. The molecule has 25 heavy (non-hydrogen) atoms. The van der Waals surface area contributed by atoms with Gasteiger partial charge in [-0.25, -0.2) is 4.39 Å². The summed E-state index contributed by atoms with van der Waals surface area (Å²) in [6.45, 7) is 5.95. The average Bonchev–Trinajstić information content (AvgIpc) is 2.98. The Kier molecular flexibility index (Phi) is 4.40. The van der Waals surface area contributed by atoms with E-state index in [1.165, 1.54) is 24.4 Å². The van der Waals surface area contributed by atoms with Crippen LogP contribution in [0.5, 0.6) is 0 Å². The van der Waals surface area contributed by atoms with Crippen LogP contribution < -0.4 is 5.32 Å². The zero-order valence-electron chi connectivity index (χ0n) is 14.3. The Hall–Kier alpha value is -2.95. The van der Waals surface area contributed by atoms with Gasteiger partial charge in [-0.15, -0.1) is 0 Å². The third-order valence-electron chi connectivity index (χ3n) is 4.26. The van der Waals surface area contributed by atoms with Crippen LogP contribution in [-0.4, -0.2) is 16.7 Å². The molecule has 0 aliphatic carbocycles. The number of hydrogen-bond donors (Lipinski definition) is 2. The third kappa shape index (κ3) is 3.18. The van der Waals surface area contributed by atoms with Crippen molar-refractivity contribution in [2.45, 2.75) is 26.7 Å². The summed E-state index contributed by atoms with van der Waals surface area (Å²) in [6.07, 6.45) is 1.44. The zero-order chi connectivity index (χ0) is 18.1. The van der Waals surface area contributed by atoms with Crippen molar-refractivity contribution in [2.24, 2.45) is 0 Å². The predicted molar refractivity (Wildman–Crippen MR) is 96.5 cm³/mol. The number of rotatable bonds is 4. The highest BCUT2D eigenvalue weighted by atomic mass is 19.1. The first-order chi connectivity index (χ1) is 11.9. The number of hydrogen-bond acceptors (Lipinski definition) is 2. The van der Waals surface area contributed by atoms with Gasteiger partial charge in [0.1, 0.15) is 5.82 Å². The first kappa shape index (κ1) is 16.9. The first-order valence-electron chi connectivity index (χ1n) is 8.10. The van der Waals surface area contributed by atoms with Crippen molar-refractivity contribution in [3.8, 4) is 0 Å². The molecule has 0 atom stereocenters. The van der Waals surface area contributed by atoms with Gasteiger partial charge in [0, 0.05) is 22.8 Å². The fraction of sp³-hybridized carbons (Fsp3) is 0.200. The fourth-order valence-electron chi connectivity index (χ4n) is 2.92. The van der Waals surface area contributed by atoms with Gasteiger partial charge >= 0.3 is 0 Å². The fourth-order valence-corrected chi connectivity index (χ4v) is 2.92. The minimum Gasteiger partial charge on any atom is -0.360 e. The molecule has 0 fully saturated rings. The van der Waals surface area contributed by atoms with Crippen LogP contribution in [0, 0.1) is 12.7 Å². The van der Waals surface area contributed by atoms with E-state index in [1.54, 1.807) is 0 Å². The van der Waals surface area contributed by atoms with Crippen molar-refractivity contribution in [1.29, 1.82) is 0 Å². The number of para-hydroxylation sites is 1. The van der Waals surface area contributed by atoms with Crippen LogP contribution in [0.15, 0.2) is 42.6 Å². The number of Topliss-reactive ketones (excluding diaryl/α,β-unsaturated/α-hetero) is 1. The van der Waals surface area contributed by atoms with E-state index in [9.17, 15) is 14.0 Å². The topological polar surface area (TPSA) is 62.0 Å². The number of carbonyl (C=O) groups is 2. The Morgan fingerprint density at radius 2 is 1.92 bits per heavy atom. The van der Waals surface area contributed by atoms with Crippen LogP contribution in [0.2, 0.25) is 0 Å². The molecule has 2 N–H and O–H groups in total. The molecule has 0 saturated heterocycles. The summed E-state index contributed by atoms with van der Waals surface area (Å²) < 4.78 is 13.3. The minimum atomic E-state index is -0.707. The van der Waals surface area contributed by atoms with E-state index in [1.807, 2.05) is 39.0 Å². The van der Waals surface area contributed by atoms with E-state index in [0.29, 0.717) is 16.6 Å². The van der Waals surface area contributed by atoms with Gasteiger partial charge in [0.05, 0.1) is 5.56 Å². The molecule has 3 rings (SSSR count). The molecular formula is C20H19FN2O2. The molecule has 5 heteroatoms. The SMILES string of the molecule is Cc1cccc(C(C)C)c1NC(=O)C(=O)c1c[nH]c2cc(F)ccc12. The van der Waals surface area contributed by atoms with E-state index < -0.39 is 17.5 Å². The Labute approximate surface area is 145 Å². The van der Waals surface area contributed by atoms with Crippen molar-refractivity contribution in [3.05, 3.63) is 65.1 Å². The third-order valence-corrected chi connectivity index (χ3v) is 4.26. The van der Waals surface area contributed by atoms with E-state index in [0.717, 1.165) is 11.1 Å². The van der Waals surface area contributed by atoms with Crippen molar-refractivity contribution < 1.29 is 14.0 Å². The van der Waals surface area contributed by atoms with Gasteiger partial charge in [-0.1, -0.05) is 32.0 Å². The van der Waals surface area contributed by atoms with E-state index in [-0.39, 0.29) is 11.5 Å². The van der Waals surface area contributed by atoms with Crippen LogP contribution in [0.3, 0.4) is 0 Å². The highest BCUT2D eigenvalue weighted by molar-refractivity contribution is 6.48. The lowest BCUT2D eigenvalue weighted by atomic mass is 9.98. The quantitative estimate of drug-likeness (QED) is 0.541. The molecule has 1 amide bonds. The van der Waals surface area contributed by atoms with Crippen molar-refractivity contribution in [3.63, 3.8) is 0 Å². The lowest BCUT2D eigenvalue weighted by molar-refractivity contribution is -0.112. The van der Waals surface area contributed by atoms with Crippen LogP contribution in [0.1, 0.15) is 41.3 Å². The highest BCUT2D eigenvalue weighted by Crippen LogP contribution is 2.28. The molecule has 1 heterocycles. The lowest BCUT2D eigenvalue weighted by Crippen LogP contribution is -2.24. The Bertz CT molecular complexity index is 973. The van der Waals surface area contributed by atoms with Crippen LogP contribution in [-0.2, 0) is 4.79 Å². The number of benzene rings is 2. The summed E-state index contributed by atoms with van der Waals surface area (Å²) in [5, 5.41) is 3.27. The Morgan fingerprint density at radius 1 is 1.16 bits per heavy atom. The number of H-pyrrole nitrogens is 1. The van der Waals surface area contributed by atoms with Gasteiger partial charge in [0.15, 0.2) is 0 Å². The van der Waals surface area contributed by atoms with E-state index in [4.69, 9.17) is 0 Å². The summed E-state index contributed by atoms with van der Waals surface area (Å²) in [5.74, 6) is -1.56. The molecule has 0 saturated carbocycles. The maximum Gasteiger partial charge on any atom is 0.296 e. The molecular weight excluding hydrogens is 319 g/mol. The number of halogens is 1. The van der Waals surface area contributed by atoms with Crippen LogP contribution in [0.4, 0.5) is 10.1 Å². The molecule has 4 nitrogen and oxygen atoms in total. The molecule has 0 bridgehead atoms. The van der Waals surface area contributed by atoms with Crippen LogP contribution in [0.25, 0.3) is 10.9 Å². The number of aromatic nitrogens is 1. The number of ketones is 1. The first-order valence-corrected chi connectivity index (χ1v) is 8.10. The average molecular weight is 338 g/mol. The number of amides is 1. The van der Waals surface area contributed by atoms with Gasteiger partial charge in [-0.05, 0) is 42.2 Å². The molecule has 1 aromatic heterocycles. The van der Waals surface area contributed by atoms with E-state index >= 15 is 0 Å². The summed E-state index contributed by atoms with van der Waals surface area (Å²) in [6, 6.07) is 9.81. The number of nitrogens with one attached hydrogen (secondary N) is 2. The zero-order valence-corrected chi connectivity index (χ0v) is 14.3. The maximum absolute atomic E-state index is 13.3. The summed E-state index contributed by atoms with van der Waals surface area (Å²) in [7, 11) is 0. The number of anilines is 1. The Morgan fingerprint density at radius 3 is 2.64 bits per heavy atom. The molecule has 0 unspecified atom stereocenters. The minimum absolute atomic E-state index is 0.210. The molecule has 0 aliphatic heterocycles. The molecule has 0 aliphatic rings. The van der Waals surface area contributed by atoms with Gasteiger partial charge in [0.25, 0.3) is 11.7 Å². The second-order valence-electron chi connectivity index (χ2n) is 6.37.